The van der Waals surface area contributed by atoms with Gasteiger partial charge in [0.2, 0.25) is 0 Å². The molecule has 1 aromatic rings. The second-order valence-electron chi connectivity index (χ2n) is 4.26. The Bertz CT molecular complexity index is 351. The fourth-order valence-corrected chi connectivity index (χ4v) is 3.39. The van der Waals surface area contributed by atoms with Gasteiger partial charge in [0.15, 0.2) is 0 Å². The van der Waals surface area contributed by atoms with E-state index in [1.54, 1.807) is 11.8 Å². The average molecular weight is 301 g/mol. The van der Waals surface area contributed by atoms with Crippen LogP contribution >= 0.6 is 11.8 Å². The van der Waals surface area contributed by atoms with Crippen LogP contribution < -0.4 is 9.93 Å². The molecule has 4 nitrogen and oxygen atoms in total. The van der Waals surface area contributed by atoms with Crippen LogP contribution in [0.25, 0.3) is 0 Å². The monoisotopic (exact) mass is 301 g/mol. The average Bonchev–Trinajstić information content (AvgIpc) is 2.15. The third-order valence-electron chi connectivity index (χ3n) is 1.56. The predicted molar refractivity (Wildman–Crippen MR) is 70.9 cm³/mol. The molecule has 0 atom stereocenters. The van der Waals surface area contributed by atoms with Crippen LogP contribution in [0.4, 0.5) is 5.95 Å². The molecule has 1 N–H and O–H groups in total. The number of hydrogen-bond donors (Lipinski definition) is 1. The quantitative estimate of drug-likeness (QED) is 0.676. The van der Waals surface area contributed by atoms with Crippen molar-refractivity contribution in [3.8, 4) is 0 Å². The van der Waals surface area contributed by atoms with Crippen LogP contribution in [0.5, 0.6) is 0 Å². The molecule has 89 valence electrons. The van der Waals surface area contributed by atoms with Crippen molar-refractivity contribution in [1.82, 2.24) is 15.0 Å². The minimum absolute atomic E-state index is 0.0286. The Labute approximate surface area is 108 Å². The molecule has 0 spiro atoms. The van der Waals surface area contributed by atoms with Gasteiger partial charge in [-0.05, 0) is 0 Å². The van der Waals surface area contributed by atoms with Gasteiger partial charge in [-0.3, -0.25) is 0 Å². The molecule has 6 heteroatoms. The van der Waals surface area contributed by atoms with E-state index in [1.165, 1.54) is 0 Å². The molecule has 0 aromatic carbocycles. The maximum atomic E-state index is 4.46. The zero-order valence-corrected chi connectivity index (χ0v) is 13.1. The van der Waals surface area contributed by atoms with E-state index in [2.05, 4.69) is 41.0 Å². The molecule has 0 saturated carbocycles. The van der Waals surface area contributed by atoms with E-state index in [9.17, 15) is 0 Å². The van der Waals surface area contributed by atoms with Gasteiger partial charge >= 0.3 is 108 Å². The Hall–Kier alpha value is -0.282. The molecule has 0 aliphatic heterocycles. The fourth-order valence-electron chi connectivity index (χ4n) is 1.02. The molecule has 0 fully saturated rings. The van der Waals surface area contributed by atoms with Gasteiger partial charge in [0.25, 0.3) is 0 Å². The van der Waals surface area contributed by atoms with Crippen LogP contribution in [0.3, 0.4) is 0 Å². The molecule has 0 bridgehead atoms. The van der Waals surface area contributed by atoms with Crippen LogP contribution in [0, 0.1) is 0 Å². The van der Waals surface area contributed by atoms with Gasteiger partial charge in [-0.25, -0.2) is 0 Å². The van der Waals surface area contributed by atoms with E-state index in [1.807, 2.05) is 13.2 Å². The Kier molecular flexibility index (Phi) is 5.06. The van der Waals surface area contributed by atoms with Gasteiger partial charge in [0, 0.05) is 0 Å². The Morgan fingerprint density at radius 2 is 1.94 bits per heavy atom. The van der Waals surface area contributed by atoms with E-state index in [0.717, 1.165) is 16.3 Å². The number of anilines is 1. The fraction of sp³-hybridized carbons (Fsp3) is 0.700. The number of thioether (sulfide) groups is 1. The number of rotatable bonds is 4. The van der Waals surface area contributed by atoms with Gasteiger partial charge in [0.1, 0.15) is 0 Å². The molecule has 0 aliphatic rings. The molecule has 0 aliphatic carbocycles. The van der Waals surface area contributed by atoms with Gasteiger partial charge in [-0.1, -0.05) is 0 Å². The zero-order valence-electron chi connectivity index (χ0n) is 10.4. The van der Waals surface area contributed by atoms with E-state index < -0.39 is 0 Å². The third-order valence-corrected chi connectivity index (χ3v) is 4.35. The van der Waals surface area contributed by atoms with E-state index in [-0.39, 0.29) is 20.0 Å². The zero-order chi connectivity index (χ0) is 12.2. The van der Waals surface area contributed by atoms with Crippen LogP contribution in [0.1, 0.15) is 27.7 Å². The van der Waals surface area contributed by atoms with Crippen molar-refractivity contribution in [2.75, 3.05) is 18.1 Å². The number of aromatic nitrogens is 3. The standard InChI is InChI=1S/C10H18AsN4S/c1-6-12-8-13-7(11-10(2,3)4)14-9(15-8)16-5/h6H2,1-5H3,(H,12,13,14,15). The summed E-state index contributed by atoms with van der Waals surface area (Å²) in [6.07, 6.45) is 1.99. The van der Waals surface area contributed by atoms with Gasteiger partial charge in [-0.15, -0.1) is 0 Å². The summed E-state index contributed by atoms with van der Waals surface area (Å²) in [6, 6.07) is 0. The summed E-state index contributed by atoms with van der Waals surface area (Å²) in [5.41, 5.74) is 0. The second kappa shape index (κ2) is 5.87. The van der Waals surface area contributed by atoms with Crippen molar-refractivity contribution in [1.29, 1.82) is 0 Å². The van der Waals surface area contributed by atoms with Crippen LogP contribution in [0.2, 0.25) is 4.20 Å². The second-order valence-corrected chi connectivity index (χ2v) is 9.16. The van der Waals surface area contributed by atoms with E-state index in [0.29, 0.717) is 5.95 Å². The van der Waals surface area contributed by atoms with Crippen molar-refractivity contribution in [3.05, 3.63) is 0 Å². The molecule has 1 radical (unpaired) electrons. The first kappa shape index (κ1) is 13.8. The molecule has 1 aromatic heterocycles. The molecule has 1 heterocycles. The molecule has 0 saturated heterocycles. The number of hydrogen-bond acceptors (Lipinski definition) is 5. The molecular formula is C10H18AsN4S. The molecule has 0 unspecified atom stereocenters. The molecule has 1 rings (SSSR count). The Balaban J connectivity index is 2.95. The minimum atomic E-state index is -0.0286. The first-order valence-electron chi connectivity index (χ1n) is 5.21. The van der Waals surface area contributed by atoms with Gasteiger partial charge in [-0.2, -0.15) is 0 Å². The van der Waals surface area contributed by atoms with Crippen molar-refractivity contribution in [3.63, 3.8) is 0 Å². The summed E-state index contributed by atoms with van der Waals surface area (Å²) < 4.78 is 1.25. The Morgan fingerprint density at radius 1 is 1.25 bits per heavy atom. The van der Waals surface area contributed by atoms with Crippen molar-refractivity contribution in [2.45, 2.75) is 37.1 Å². The normalized spacial score (nSPS) is 12.3. The SMILES string of the molecule is CCNc1nc(SC)nc([As]C(C)(C)C)n1. The van der Waals surface area contributed by atoms with E-state index in [4.69, 9.17) is 0 Å². The first-order chi connectivity index (χ1) is 7.44. The number of nitrogens with zero attached hydrogens (tertiary/aromatic N) is 3. The van der Waals surface area contributed by atoms with Crippen molar-refractivity contribution >= 4 is 38.1 Å². The summed E-state index contributed by atoms with van der Waals surface area (Å²) in [5, 5.41) is 3.95. The summed E-state index contributed by atoms with van der Waals surface area (Å²) >= 11 is 1.53. The van der Waals surface area contributed by atoms with Crippen molar-refractivity contribution in [2.24, 2.45) is 0 Å². The van der Waals surface area contributed by atoms with Crippen LogP contribution in [0.15, 0.2) is 5.16 Å². The van der Waals surface area contributed by atoms with Crippen molar-refractivity contribution < 1.29 is 0 Å². The first-order valence-corrected chi connectivity index (χ1v) is 8.31. The topological polar surface area (TPSA) is 50.7 Å². The van der Waals surface area contributed by atoms with Gasteiger partial charge < -0.3 is 0 Å². The van der Waals surface area contributed by atoms with Gasteiger partial charge in [0.05, 0.1) is 0 Å². The van der Waals surface area contributed by atoms with E-state index >= 15 is 0 Å². The number of nitrogens with one attached hydrogen (secondary N) is 1. The molecule has 16 heavy (non-hydrogen) atoms. The summed E-state index contributed by atoms with van der Waals surface area (Å²) in [6.45, 7) is 9.55. The maximum absolute atomic E-state index is 4.46. The molecular weight excluding hydrogens is 283 g/mol. The third kappa shape index (κ3) is 4.70. The predicted octanol–water partition coefficient (Wildman–Crippen LogP) is 1.57. The molecule has 0 amide bonds. The Morgan fingerprint density at radius 3 is 2.44 bits per heavy atom. The van der Waals surface area contributed by atoms with Crippen LogP contribution in [-0.2, 0) is 0 Å². The summed E-state index contributed by atoms with van der Waals surface area (Å²) in [7, 11) is 0. The summed E-state index contributed by atoms with van der Waals surface area (Å²) in [5.74, 6) is 0.705. The summed E-state index contributed by atoms with van der Waals surface area (Å²) in [4.78, 5) is 13.2. The van der Waals surface area contributed by atoms with Crippen LogP contribution in [-0.4, -0.2) is 43.5 Å².